The van der Waals surface area contributed by atoms with E-state index in [-0.39, 0.29) is 12.3 Å². The van der Waals surface area contributed by atoms with Gasteiger partial charge in [0.05, 0.1) is 6.54 Å². The number of nitrogens with one attached hydrogen (secondary N) is 1. The molecule has 3 amide bonds. The number of ketones is 1. The summed E-state index contributed by atoms with van der Waals surface area (Å²) in [5.41, 5.74) is 1.50. The SMILES string of the molecule is Cc1ccc([C@@]2(c3ccccc3)NC(=O)N(CC(=O)C(C)(C)C)C2=O)cc1C. The Labute approximate surface area is 165 Å². The number of aryl methyl sites for hydroxylation is 2. The van der Waals surface area contributed by atoms with Gasteiger partial charge in [0.15, 0.2) is 11.3 Å². The fourth-order valence-electron chi connectivity index (χ4n) is 3.32. The average molecular weight is 378 g/mol. The third kappa shape index (κ3) is 3.21. The summed E-state index contributed by atoms with van der Waals surface area (Å²) in [6.45, 7) is 9.07. The Kier molecular flexibility index (Phi) is 4.88. The second-order valence-electron chi connectivity index (χ2n) is 8.41. The molecule has 2 aromatic rings. The molecule has 1 aliphatic rings. The van der Waals surface area contributed by atoms with Crippen LogP contribution in [0.15, 0.2) is 48.5 Å². The predicted octanol–water partition coefficient (Wildman–Crippen LogP) is 3.71. The van der Waals surface area contributed by atoms with Crippen LogP contribution >= 0.6 is 0 Å². The van der Waals surface area contributed by atoms with Crippen LogP contribution in [0, 0.1) is 19.3 Å². The molecule has 1 atom stereocenters. The molecule has 0 aliphatic carbocycles. The average Bonchev–Trinajstić information content (AvgIpc) is 2.89. The summed E-state index contributed by atoms with van der Waals surface area (Å²) in [5.74, 6) is -0.593. The molecule has 146 valence electrons. The highest BCUT2D eigenvalue weighted by molar-refractivity contribution is 6.11. The van der Waals surface area contributed by atoms with Crippen molar-refractivity contribution in [2.75, 3.05) is 6.54 Å². The summed E-state index contributed by atoms with van der Waals surface area (Å²) in [5, 5.41) is 2.89. The van der Waals surface area contributed by atoms with E-state index in [0.29, 0.717) is 11.1 Å². The molecule has 1 saturated heterocycles. The first-order valence-corrected chi connectivity index (χ1v) is 9.38. The maximum absolute atomic E-state index is 13.6. The smallest absolute Gasteiger partial charge is 0.315 e. The van der Waals surface area contributed by atoms with E-state index in [1.165, 1.54) is 0 Å². The van der Waals surface area contributed by atoms with Crippen LogP contribution in [0.25, 0.3) is 0 Å². The highest BCUT2D eigenvalue weighted by Gasteiger charge is 2.54. The van der Waals surface area contributed by atoms with Crippen LogP contribution in [0.3, 0.4) is 0 Å². The number of amides is 3. The van der Waals surface area contributed by atoms with Crippen molar-refractivity contribution in [2.24, 2.45) is 5.41 Å². The lowest BCUT2D eigenvalue weighted by Crippen LogP contribution is -2.46. The zero-order chi connectivity index (χ0) is 20.7. The van der Waals surface area contributed by atoms with Crippen molar-refractivity contribution in [1.82, 2.24) is 10.2 Å². The first kappa shape index (κ1) is 19.8. The van der Waals surface area contributed by atoms with E-state index in [0.717, 1.165) is 16.0 Å². The number of carbonyl (C=O) groups excluding carboxylic acids is 3. The molecule has 0 radical (unpaired) electrons. The van der Waals surface area contributed by atoms with E-state index in [4.69, 9.17) is 0 Å². The van der Waals surface area contributed by atoms with Gasteiger partial charge in [-0.15, -0.1) is 0 Å². The van der Waals surface area contributed by atoms with Gasteiger partial charge in [-0.25, -0.2) is 4.79 Å². The zero-order valence-corrected chi connectivity index (χ0v) is 17.0. The van der Waals surface area contributed by atoms with Crippen LogP contribution in [0.1, 0.15) is 43.0 Å². The van der Waals surface area contributed by atoms with Crippen LogP contribution in [0.5, 0.6) is 0 Å². The number of nitrogens with zero attached hydrogens (tertiary/aromatic N) is 1. The van der Waals surface area contributed by atoms with Crippen LogP contribution in [0.2, 0.25) is 0 Å². The monoisotopic (exact) mass is 378 g/mol. The van der Waals surface area contributed by atoms with Gasteiger partial charge < -0.3 is 5.32 Å². The Hall–Kier alpha value is -2.95. The molecule has 1 N–H and O–H groups in total. The lowest BCUT2D eigenvalue weighted by atomic mass is 9.81. The molecule has 1 heterocycles. The highest BCUT2D eigenvalue weighted by atomic mass is 16.2. The summed E-state index contributed by atoms with van der Waals surface area (Å²) in [7, 11) is 0. The second-order valence-corrected chi connectivity index (χ2v) is 8.41. The molecule has 28 heavy (non-hydrogen) atoms. The number of benzene rings is 2. The molecule has 0 bridgehead atoms. The Bertz CT molecular complexity index is 944. The normalized spacial score (nSPS) is 19.7. The quantitative estimate of drug-likeness (QED) is 0.825. The predicted molar refractivity (Wildman–Crippen MR) is 108 cm³/mol. The van der Waals surface area contributed by atoms with E-state index in [9.17, 15) is 14.4 Å². The maximum atomic E-state index is 13.6. The molecule has 5 nitrogen and oxygen atoms in total. The van der Waals surface area contributed by atoms with E-state index >= 15 is 0 Å². The number of hydrogen-bond donors (Lipinski definition) is 1. The number of urea groups is 1. The number of hydrogen-bond acceptors (Lipinski definition) is 3. The highest BCUT2D eigenvalue weighted by Crippen LogP contribution is 2.37. The summed E-state index contributed by atoms with van der Waals surface area (Å²) in [4.78, 5) is 39.9. The molecule has 1 fully saturated rings. The van der Waals surface area contributed by atoms with Crippen LogP contribution in [-0.4, -0.2) is 29.2 Å². The standard InChI is InChI=1S/C23H26N2O3/c1-15-11-12-18(13-16(15)2)23(17-9-7-6-8-10-17)20(27)25(21(28)24-23)14-19(26)22(3,4)5/h6-13H,14H2,1-5H3,(H,24,28)/t23-/m1/s1. The van der Waals surface area contributed by atoms with Crippen LogP contribution in [-0.2, 0) is 15.1 Å². The van der Waals surface area contributed by atoms with Gasteiger partial charge in [0.25, 0.3) is 5.91 Å². The van der Waals surface area contributed by atoms with E-state index < -0.39 is 22.9 Å². The fourth-order valence-corrected chi connectivity index (χ4v) is 3.32. The molecule has 0 spiro atoms. The first-order valence-electron chi connectivity index (χ1n) is 9.38. The molecule has 2 aromatic carbocycles. The first-order chi connectivity index (χ1) is 13.1. The summed E-state index contributed by atoms with van der Waals surface area (Å²) >= 11 is 0. The maximum Gasteiger partial charge on any atom is 0.325 e. The largest absolute Gasteiger partial charge is 0.325 e. The van der Waals surface area contributed by atoms with Gasteiger partial charge in [-0.05, 0) is 36.1 Å². The summed E-state index contributed by atoms with van der Waals surface area (Å²) in [6, 6.07) is 14.4. The van der Waals surface area contributed by atoms with Gasteiger partial charge in [0, 0.05) is 5.41 Å². The number of rotatable bonds is 4. The minimum Gasteiger partial charge on any atom is -0.315 e. The molecule has 5 heteroatoms. The number of imide groups is 1. The third-order valence-electron chi connectivity index (χ3n) is 5.39. The Balaban J connectivity index is 2.13. The van der Waals surface area contributed by atoms with Gasteiger partial charge in [-0.2, -0.15) is 0 Å². The van der Waals surface area contributed by atoms with Crippen molar-refractivity contribution in [3.8, 4) is 0 Å². The minimum absolute atomic E-state index is 0.167. The molecule has 0 aromatic heterocycles. The molecule has 0 saturated carbocycles. The van der Waals surface area contributed by atoms with E-state index in [1.807, 2.05) is 62.4 Å². The summed E-state index contributed by atoms with van der Waals surface area (Å²) in [6.07, 6.45) is 0. The van der Waals surface area contributed by atoms with Crippen molar-refractivity contribution in [2.45, 2.75) is 40.2 Å². The van der Waals surface area contributed by atoms with Crippen molar-refractivity contribution >= 4 is 17.7 Å². The van der Waals surface area contributed by atoms with Crippen molar-refractivity contribution < 1.29 is 14.4 Å². The number of carbonyl (C=O) groups is 3. The number of Topliss-reactive ketones (excluding diaryl/α,β-unsaturated/α-hetero) is 1. The van der Waals surface area contributed by atoms with E-state index in [2.05, 4.69) is 5.32 Å². The minimum atomic E-state index is -1.34. The second kappa shape index (κ2) is 6.89. The topological polar surface area (TPSA) is 66.5 Å². The lowest BCUT2D eigenvalue weighted by Gasteiger charge is -2.29. The molecular formula is C23H26N2O3. The lowest BCUT2D eigenvalue weighted by molar-refractivity contribution is -0.136. The Morgan fingerprint density at radius 2 is 1.61 bits per heavy atom. The Morgan fingerprint density at radius 3 is 2.18 bits per heavy atom. The van der Waals surface area contributed by atoms with Crippen molar-refractivity contribution in [1.29, 1.82) is 0 Å². The molecular weight excluding hydrogens is 352 g/mol. The third-order valence-corrected chi connectivity index (χ3v) is 5.39. The van der Waals surface area contributed by atoms with Gasteiger partial charge in [-0.3, -0.25) is 14.5 Å². The van der Waals surface area contributed by atoms with Gasteiger partial charge in [0.1, 0.15) is 0 Å². The van der Waals surface area contributed by atoms with Crippen molar-refractivity contribution in [3.63, 3.8) is 0 Å². The van der Waals surface area contributed by atoms with Crippen LogP contribution in [0.4, 0.5) is 4.79 Å². The zero-order valence-electron chi connectivity index (χ0n) is 17.0. The molecule has 1 aliphatic heterocycles. The fraction of sp³-hybridized carbons (Fsp3) is 0.348. The van der Waals surface area contributed by atoms with Crippen molar-refractivity contribution in [3.05, 3.63) is 70.8 Å². The van der Waals surface area contributed by atoms with Gasteiger partial charge >= 0.3 is 6.03 Å². The summed E-state index contributed by atoms with van der Waals surface area (Å²) < 4.78 is 0. The van der Waals surface area contributed by atoms with Crippen LogP contribution < -0.4 is 5.32 Å². The van der Waals surface area contributed by atoms with E-state index in [1.54, 1.807) is 20.8 Å². The Morgan fingerprint density at radius 1 is 0.964 bits per heavy atom. The van der Waals surface area contributed by atoms with Gasteiger partial charge in [0.2, 0.25) is 0 Å². The molecule has 0 unspecified atom stereocenters. The van der Waals surface area contributed by atoms with Gasteiger partial charge in [-0.1, -0.05) is 69.3 Å². The molecule has 3 rings (SSSR count).